The average Bonchev–Trinajstić information content (AvgIpc) is 2.43. The lowest BCUT2D eigenvalue weighted by Gasteiger charge is -2.20. The minimum atomic E-state index is -3.31. The van der Waals surface area contributed by atoms with Gasteiger partial charge in [-0.1, -0.05) is 24.3 Å². The maximum absolute atomic E-state index is 12.1. The quantitative estimate of drug-likeness (QED) is 0.674. The third-order valence-electron chi connectivity index (χ3n) is 3.57. The predicted octanol–water partition coefficient (Wildman–Crippen LogP) is 1.30. The number of nitrogens with two attached hydrogens (primary N) is 1. The van der Waals surface area contributed by atoms with Crippen LogP contribution in [0.3, 0.4) is 0 Å². The fourth-order valence-electron chi connectivity index (χ4n) is 1.97. The Morgan fingerprint density at radius 2 is 1.86 bits per heavy atom. The van der Waals surface area contributed by atoms with E-state index in [4.69, 9.17) is 5.73 Å². The maximum atomic E-state index is 12.1. The molecule has 0 saturated heterocycles. The molecule has 0 saturated carbocycles. The van der Waals surface area contributed by atoms with Gasteiger partial charge in [0.2, 0.25) is 10.0 Å². The zero-order chi connectivity index (χ0) is 15.9. The van der Waals surface area contributed by atoms with Crippen molar-refractivity contribution in [1.29, 1.82) is 0 Å². The highest BCUT2D eigenvalue weighted by atomic mass is 32.2. The van der Waals surface area contributed by atoms with Crippen LogP contribution in [0.4, 0.5) is 0 Å². The SMILES string of the molecule is CC(C)N(C)CCCNS(=O)(=O)Cc1ccccc1CN. The van der Waals surface area contributed by atoms with E-state index < -0.39 is 10.0 Å². The summed E-state index contributed by atoms with van der Waals surface area (Å²) in [5.74, 6) is -0.0135. The van der Waals surface area contributed by atoms with Gasteiger partial charge in [-0.2, -0.15) is 0 Å². The van der Waals surface area contributed by atoms with E-state index in [1.54, 1.807) is 0 Å². The number of rotatable bonds is 9. The second kappa shape index (κ2) is 8.48. The molecule has 0 radical (unpaired) electrons. The molecule has 21 heavy (non-hydrogen) atoms. The molecule has 0 aliphatic heterocycles. The summed E-state index contributed by atoms with van der Waals surface area (Å²) in [7, 11) is -1.27. The minimum Gasteiger partial charge on any atom is -0.326 e. The third kappa shape index (κ3) is 6.56. The predicted molar refractivity (Wildman–Crippen MR) is 87.3 cm³/mol. The van der Waals surface area contributed by atoms with Crippen molar-refractivity contribution in [3.63, 3.8) is 0 Å². The van der Waals surface area contributed by atoms with Crippen LogP contribution in [0.1, 0.15) is 31.4 Å². The van der Waals surface area contributed by atoms with Gasteiger partial charge in [0.15, 0.2) is 0 Å². The van der Waals surface area contributed by atoms with E-state index >= 15 is 0 Å². The molecule has 1 aromatic rings. The molecule has 6 heteroatoms. The van der Waals surface area contributed by atoms with Crippen molar-refractivity contribution >= 4 is 10.0 Å². The van der Waals surface area contributed by atoms with Crippen LogP contribution < -0.4 is 10.5 Å². The highest BCUT2D eigenvalue weighted by Crippen LogP contribution is 2.11. The first-order valence-electron chi connectivity index (χ1n) is 7.30. The van der Waals surface area contributed by atoms with E-state index in [1.165, 1.54) is 0 Å². The Morgan fingerprint density at radius 1 is 1.24 bits per heavy atom. The summed E-state index contributed by atoms with van der Waals surface area (Å²) >= 11 is 0. The molecule has 0 heterocycles. The molecule has 0 aromatic heterocycles. The number of nitrogens with zero attached hydrogens (tertiary/aromatic N) is 1. The van der Waals surface area contributed by atoms with E-state index in [0.29, 0.717) is 19.1 Å². The standard InChI is InChI=1S/C15H27N3O2S/c1-13(2)18(3)10-6-9-17-21(19,20)12-15-8-5-4-7-14(15)11-16/h4-5,7-8,13,17H,6,9-12,16H2,1-3H3. The highest BCUT2D eigenvalue weighted by Gasteiger charge is 2.13. The molecule has 0 bridgehead atoms. The third-order valence-corrected chi connectivity index (χ3v) is 4.91. The van der Waals surface area contributed by atoms with Crippen molar-refractivity contribution in [3.05, 3.63) is 35.4 Å². The van der Waals surface area contributed by atoms with Gasteiger partial charge in [0.1, 0.15) is 0 Å². The Morgan fingerprint density at radius 3 is 2.43 bits per heavy atom. The second-order valence-corrected chi connectivity index (χ2v) is 7.36. The van der Waals surface area contributed by atoms with Crippen LogP contribution in [0.2, 0.25) is 0 Å². The van der Waals surface area contributed by atoms with Crippen LogP contribution in [-0.4, -0.2) is 39.5 Å². The van der Waals surface area contributed by atoms with Crippen LogP contribution in [0.15, 0.2) is 24.3 Å². The zero-order valence-electron chi connectivity index (χ0n) is 13.2. The van der Waals surface area contributed by atoms with Gasteiger partial charge in [0.25, 0.3) is 0 Å². The highest BCUT2D eigenvalue weighted by molar-refractivity contribution is 7.88. The number of sulfonamides is 1. The van der Waals surface area contributed by atoms with Crippen molar-refractivity contribution < 1.29 is 8.42 Å². The number of nitrogens with one attached hydrogen (secondary N) is 1. The van der Waals surface area contributed by atoms with Gasteiger partial charge < -0.3 is 10.6 Å². The summed E-state index contributed by atoms with van der Waals surface area (Å²) < 4.78 is 26.8. The zero-order valence-corrected chi connectivity index (χ0v) is 14.0. The maximum Gasteiger partial charge on any atom is 0.215 e. The van der Waals surface area contributed by atoms with E-state index in [0.717, 1.165) is 24.1 Å². The number of hydrogen-bond donors (Lipinski definition) is 2. The normalized spacial score (nSPS) is 12.3. The van der Waals surface area contributed by atoms with Crippen molar-refractivity contribution in [2.75, 3.05) is 20.1 Å². The number of hydrogen-bond acceptors (Lipinski definition) is 4. The van der Waals surface area contributed by atoms with Crippen molar-refractivity contribution in [1.82, 2.24) is 9.62 Å². The van der Waals surface area contributed by atoms with E-state index in [-0.39, 0.29) is 5.75 Å². The molecule has 0 unspecified atom stereocenters. The lowest BCUT2D eigenvalue weighted by atomic mass is 10.1. The van der Waals surface area contributed by atoms with Crippen LogP contribution in [-0.2, 0) is 22.3 Å². The molecule has 1 rings (SSSR count). The van der Waals surface area contributed by atoms with Crippen LogP contribution in [0.5, 0.6) is 0 Å². The largest absolute Gasteiger partial charge is 0.326 e. The first-order valence-corrected chi connectivity index (χ1v) is 8.95. The van der Waals surface area contributed by atoms with Crippen molar-refractivity contribution in [2.24, 2.45) is 5.73 Å². The Hall–Kier alpha value is -0.950. The number of benzene rings is 1. The van der Waals surface area contributed by atoms with Gasteiger partial charge in [0.05, 0.1) is 5.75 Å². The van der Waals surface area contributed by atoms with Crippen molar-refractivity contribution in [2.45, 2.75) is 38.6 Å². The van der Waals surface area contributed by atoms with Gasteiger partial charge in [-0.15, -0.1) is 0 Å². The smallest absolute Gasteiger partial charge is 0.215 e. The van der Waals surface area contributed by atoms with E-state index in [9.17, 15) is 8.42 Å². The van der Waals surface area contributed by atoms with Crippen molar-refractivity contribution in [3.8, 4) is 0 Å². The first kappa shape index (κ1) is 18.1. The molecule has 0 spiro atoms. The molecule has 0 fully saturated rings. The molecule has 3 N–H and O–H groups in total. The summed E-state index contributed by atoms with van der Waals surface area (Å²) in [5, 5.41) is 0. The molecule has 0 amide bonds. The van der Waals surface area contributed by atoms with Crippen LogP contribution in [0, 0.1) is 0 Å². The summed E-state index contributed by atoms with van der Waals surface area (Å²) in [6.45, 7) is 5.93. The van der Waals surface area contributed by atoms with Gasteiger partial charge in [0, 0.05) is 19.1 Å². The van der Waals surface area contributed by atoms with Crippen LogP contribution in [0.25, 0.3) is 0 Å². The molecule has 0 atom stereocenters. The fourth-order valence-corrected chi connectivity index (χ4v) is 3.22. The van der Waals surface area contributed by atoms with Gasteiger partial charge >= 0.3 is 0 Å². The Kier molecular flexibility index (Phi) is 7.31. The minimum absolute atomic E-state index is 0.0135. The van der Waals surface area contributed by atoms with Gasteiger partial charge in [-0.3, -0.25) is 0 Å². The lowest BCUT2D eigenvalue weighted by molar-refractivity contribution is 0.271. The topological polar surface area (TPSA) is 75.4 Å². The Balaban J connectivity index is 2.47. The van der Waals surface area contributed by atoms with E-state index in [1.807, 2.05) is 31.3 Å². The molecule has 5 nitrogen and oxygen atoms in total. The Labute approximate surface area is 128 Å². The average molecular weight is 313 g/mol. The molecule has 0 aliphatic carbocycles. The molecular formula is C15H27N3O2S. The van der Waals surface area contributed by atoms with Gasteiger partial charge in [-0.25, -0.2) is 13.1 Å². The summed E-state index contributed by atoms with van der Waals surface area (Å²) in [5.41, 5.74) is 7.28. The molecule has 0 aliphatic rings. The Bertz CT molecular complexity index is 529. The van der Waals surface area contributed by atoms with E-state index in [2.05, 4.69) is 23.5 Å². The lowest BCUT2D eigenvalue weighted by Crippen LogP contribution is -2.32. The van der Waals surface area contributed by atoms with Gasteiger partial charge in [-0.05, 0) is 45.0 Å². The monoisotopic (exact) mass is 313 g/mol. The van der Waals surface area contributed by atoms with Crippen LogP contribution >= 0.6 is 0 Å². The second-order valence-electron chi connectivity index (χ2n) is 5.55. The summed E-state index contributed by atoms with van der Waals surface area (Å²) in [6, 6.07) is 7.85. The fraction of sp³-hybridized carbons (Fsp3) is 0.600. The molecule has 120 valence electrons. The summed E-state index contributed by atoms with van der Waals surface area (Å²) in [4.78, 5) is 2.19. The first-order chi connectivity index (χ1) is 9.85. The summed E-state index contributed by atoms with van der Waals surface area (Å²) in [6.07, 6.45) is 0.798. The molecular weight excluding hydrogens is 286 g/mol. The molecule has 1 aromatic carbocycles.